The van der Waals surface area contributed by atoms with Crippen LogP contribution in [-0.4, -0.2) is 38.1 Å². The van der Waals surface area contributed by atoms with E-state index in [1.807, 2.05) is 13.0 Å². The number of carbonyl (C=O) groups is 1. The first-order valence-electron chi connectivity index (χ1n) is 10.5. The van der Waals surface area contributed by atoms with Gasteiger partial charge in [0.15, 0.2) is 11.5 Å². The van der Waals surface area contributed by atoms with Gasteiger partial charge in [-0.2, -0.15) is 0 Å². The molecule has 30 heavy (non-hydrogen) atoms. The van der Waals surface area contributed by atoms with Crippen molar-refractivity contribution in [1.29, 1.82) is 0 Å². The standard InChI is InChI=1S/C24H29N3O3/c1-4-19(25-17-9-7-16(8-10-17)15-27-11-5-6-12-27)23-18-13-21(29-2)22(30-3)14-20(18)26-24(23)28/h7-10,13-14,25H,4-6,11-12,15H2,1-3H3,(H,26,28). The smallest absolute Gasteiger partial charge is 0.258 e. The predicted octanol–water partition coefficient (Wildman–Crippen LogP) is 4.48. The topological polar surface area (TPSA) is 62.8 Å². The van der Waals surface area contributed by atoms with Gasteiger partial charge in [0, 0.05) is 29.6 Å². The van der Waals surface area contributed by atoms with Crippen LogP contribution in [-0.2, 0) is 11.3 Å². The Morgan fingerprint density at radius 2 is 1.73 bits per heavy atom. The molecule has 2 aromatic carbocycles. The van der Waals surface area contributed by atoms with Crippen LogP contribution in [0, 0.1) is 0 Å². The first-order chi connectivity index (χ1) is 14.6. The van der Waals surface area contributed by atoms with Crippen molar-refractivity contribution in [2.75, 3.05) is 37.9 Å². The third-order valence-electron chi connectivity index (χ3n) is 5.78. The number of hydrogen-bond donors (Lipinski definition) is 2. The van der Waals surface area contributed by atoms with Crippen molar-refractivity contribution in [3.63, 3.8) is 0 Å². The average Bonchev–Trinajstić information content (AvgIpc) is 3.38. The van der Waals surface area contributed by atoms with E-state index in [4.69, 9.17) is 9.47 Å². The second-order valence-corrected chi connectivity index (χ2v) is 7.72. The number of likely N-dealkylation sites (tertiary alicyclic amines) is 1. The number of nitrogens with zero attached hydrogens (tertiary/aromatic N) is 1. The molecule has 0 atom stereocenters. The number of hydrogen-bond acceptors (Lipinski definition) is 5. The Labute approximate surface area is 177 Å². The van der Waals surface area contributed by atoms with Crippen LogP contribution in [0.5, 0.6) is 11.5 Å². The van der Waals surface area contributed by atoms with Gasteiger partial charge in [-0.25, -0.2) is 0 Å². The summed E-state index contributed by atoms with van der Waals surface area (Å²) in [5.74, 6) is 1.08. The van der Waals surface area contributed by atoms with Gasteiger partial charge >= 0.3 is 0 Å². The lowest BCUT2D eigenvalue weighted by atomic mass is 10.0. The first kappa shape index (κ1) is 20.3. The van der Waals surface area contributed by atoms with E-state index in [1.54, 1.807) is 20.3 Å². The molecule has 0 radical (unpaired) electrons. The summed E-state index contributed by atoms with van der Waals surface area (Å²) in [7, 11) is 3.19. The highest BCUT2D eigenvalue weighted by Crippen LogP contribution is 2.42. The zero-order valence-electron chi connectivity index (χ0n) is 17.9. The molecular weight excluding hydrogens is 378 g/mol. The maximum atomic E-state index is 12.8. The molecule has 0 unspecified atom stereocenters. The van der Waals surface area contributed by atoms with Gasteiger partial charge < -0.3 is 20.1 Å². The van der Waals surface area contributed by atoms with Gasteiger partial charge in [0.05, 0.1) is 25.5 Å². The van der Waals surface area contributed by atoms with E-state index in [0.29, 0.717) is 23.5 Å². The van der Waals surface area contributed by atoms with Crippen LogP contribution in [0.4, 0.5) is 11.4 Å². The molecule has 0 aliphatic carbocycles. The van der Waals surface area contributed by atoms with E-state index >= 15 is 0 Å². The molecule has 6 heteroatoms. The number of ether oxygens (including phenoxy) is 2. The summed E-state index contributed by atoms with van der Waals surface area (Å²) >= 11 is 0. The van der Waals surface area contributed by atoms with Crippen molar-refractivity contribution < 1.29 is 14.3 Å². The normalized spacial score (nSPS) is 17.5. The average molecular weight is 408 g/mol. The van der Waals surface area contributed by atoms with Crippen molar-refractivity contribution in [2.45, 2.75) is 32.7 Å². The first-order valence-corrected chi connectivity index (χ1v) is 10.5. The van der Waals surface area contributed by atoms with Crippen LogP contribution in [0.25, 0.3) is 5.57 Å². The van der Waals surface area contributed by atoms with Gasteiger partial charge in [0.1, 0.15) is 0 Å². The molecule has 1 saturated heterocycles. The minimum atomic E-state index is -0.115. The largest absolute Gasteiger partial charge is 0.493 e. The number of methoxy groups -OCH3 is 2. The predicted molar refractivity (Wildman–Crippen MR) is 120 cm³/mol. The van der Waals surface area contributed by atoms with Crippen molar-refractivity contribution in [3.8, 4) is 11.5 Å². The number of nitrogens with one attached hydrogen (secondary N) is 2. The number of amides is 1. The summed E-state index contributed by atoms with van der Waals surface area (Å²) in [5, 5.41) is 6.41. The molecule has 2 N–H and O–H groups in total. The van der Waals surface area contributed by atoms with Gasteiger partial charge in [-0.1, -0.05) is 19.1 Å². The fraction of sp³-hybridized carbons (Fsp3) is 0.375. The maximum absolute atomic E-state index is 12.8. The zero-order valence-corrected chi connectivity index (χ0v) is 17.9. The molecule has 2 heterocycles. The molecular formula is C24H29N3O3. The Morgan fingerprint density at radius 1 is 1.07 bits per heavy atom. The molecule has 0 saturated carbocycles. The molecule has 2 aliphatic heterocycles. The van der Waals surface area contributed by atoms with Gasteiger partial charge in [-0.3, -0.25) is 9.69 Å². The minimum absolute atomic E-state index is 0.115. The van der Waals surface area contributed by atoms with Crippen LogP contribution in [0.15, 0.2) is 42.1 Å². The summed E-state index contributed by atoms with van der Waals surface area (Å²) in [4.78, 5) is 15.3. The van der Waals surface area contributed by atoms with Crippen LogP contribution >= 0.6 is 0 Å². The maximum Gasteiger partial charge on any atom is 0.258 e. The SMILES string of the molecule is CCC(Nc1ccc(CN2CCCC2)cc1)=C1C(=O)Nc2cc(OC)c(OC)cc21. The number of carbonyl (C=O) groups excluding carboxylic acids is 1. The molecule has 158 valence electrons. The number of rotatable bonds is 7. The number of benzene rings is 2. The number of allylic oxidation sites excluding steroid dienone is 1. The monoisotopic (exact) mass is 407 g/mol. The summed E-state index contributed by atoms with van der Waals surface area (Å²) in [6.45, 7) is 5.42. The quantitative estimate of drug-likeness (QED) is 0.663. The van der Waals surface area contributed by atoms with Gasteiger partial charge in [0.2, 0.25) is 0 Å². The van der Waals surface area contributed by atoms with Crippen LogP contribution in [0.1, 0.15) is 37.3 Å². The highest BCUT2D eigenvalue weighted by Gasteiger charge is 2.29. The molecule has 2 aliphatic rings. The van der Waals surface area contributed by atoms with E-state index in [1.165, 1.54) is 31.5 Å². The van der Waals surface area contributed by atoms with Gasteiger partial charge in [-0.15, -0.1) is 0 Å². The van der Waals surface area contributed by atoms with E-state index in [2.05, 4.69) is 39.8 Å². The molecule has 0 bridgehead atoms. The minimum Gasteiger partial charge on any atom is -0.493 e. The lowest BCUT2D eigenvalue weighted by Gasteiger charge is -2.16. The fourth-order valence-corrected chi connectivity index (χ4v) is 4.19. The summed E-state index contributed by atoms with van der Waals surface area (Å²) in [6, 6.07) is 12.2. The highest BCUT2D eigenvalue weighted by atomic mass is 16.5. The molecule has 0 spiro atoms. The van der Waals surface area contributed by atoms with Gasteiger partial charge in [0.25, 0.3) is 5.91 Å². The highest BCUT2D eigenvalue weighted by molar-refractivity contribution is 6.32. The van der Waals surface area contributed by atoms with E-state index in [9.17, 15) is 4.79 Å². The second-order valence-electron chi connectivity index (χ2n) is 7.72. The molecule has 6 nitrogen and oxygen atoms in total. The van der Waals surface area contributed by atoms with Gasteiger partial charge in [-0.05, 0) is 56.1 Å². The fourth-order valence-electron chi connectivity index (χ4n) is 4.19. The molecule has 1 amide bonds. The number of fused-ring (bicyclic) bond motifs is 1. The van der Waals surface area contributed by atoms with Crippen LogP contribution in [0.2, 0.25) is 0 Å². The van der Waals surface area contributed by atoms with Crippen molar-refractivity contribution >= 4 is 22.9 Å². The van der Waals surface area contributed by atoms with Crippen LogP contribution < -0.4 is 20.1 Å². The third kappa shape index (κ3) is 4.00. The van der Waals surface area contributed by atoms with Crippen LogP contribution in [0.3, 0.4) is 0 Å². The van der Waals surface area contributed by atoms with E-state index < -0.39 is 0 Å². The third-order valence-corrected chi connectivity index (χ3v) is 5.78. The Morgan fingerprint density at radius 3 is 2.37 bits per heavy atom. The summed E-state index contributed by atoms with van der Waals surface area (Å²) in [5.41, 5.74) is 5.38. The molecule has 0 aromatic heterocycles. The zero-order chi connectivity index (χ0) is 21.1. The molecule has 4 rings (SSSR count). The van der Waals surface area contributed by atoms with E-state index in [0.717, 1.165) is 29.2 Å². The second kappa shape index (κ2) is 8.79. The van der Waals surface area contributed by atoms with Crippen molar-refractivity contribution in [3.05, 3.63) is 53.2 Å². The molecule has 1 fully saturated rings. The Bertz CT molecular complexity index is 960. The summed E-state index contributed by atoms with van der Waals surface area (Å²) < 4.78 is 10.8. The lowest BCUT2D eigenvalue weighted by molar-refractivity contribution is -0.110. The Balaban J connectivity index is 1.59. The Hall–Kier alpha value is -2.99. The van der Waals surface area contributed by atoms with E-state index in [-0.39, 0.29) is 5.91 Å². The summed E-state index contributed by atoms with van der Waals surface area (Å²) in [6.07, 6.45) is 3.30. The van der Waals surface area contributed by atoms with Crippen molar-refractivity contribution in [2.24, 2.45) is 0 Å². The Kier molecular flexibility index (Phi) is 5.95. The molecule has 2 aromatic rings. The lowest BCUT2D eigenvalue weighted by Crippen LogP contribution is -2.18. The number of anilines is 2. The van der Waals surface area contributed by atoms with Crippen molar-refractivity contribution in [1.82, 2.24) is 4.90 Å².